The number of fused-ring (bicyclic) bond motifs is 1. The summed E-state index contributed by atoms with van der Waals surface area (Å²) < 4.78 is 38.1. The van der Waals surface area contributed by atoms with Gasteiger partial charge in [0.1, 0.15) is 11.4 Å². The van der Waals surface area contributed by atoms with Crippen LogP contribution in [0.25, 0.3) is 10.9 Å². The molecule has 41 heavy (non-hydrogen) atoms. The average Bonchev–Trinajstić information content (AvgIpc) is 3.36. The second kappa shape index (κ2) is 12.1. The van der Waals surface area contributed by atoms with Gasteiger partial charge in [-0.25, -0.2) is 14.6 Å². The fraction of sp³-hybridized carbons (Fsp3) is 0.286. The first-order valence-corrected chi connectivity index (χ1v) is 12.6. The summed E-state index contributed by atoms with van der Waals surface area (Å²) in [6, 6.07) is 11.6. The zero-order valence-electron chi connectivity index (χ0n) is 22.8. The van der Waals surface area contributed by atoms with E-state index in [1.807, 2.05) is 0 Å². The van der Waals surface area contributed by atoms with Gasteiger partial charge in [0.2, 0.25) is 0 Å². The van der Waals surface area contributed by atoms with E-state index in [1.165, 1.54) is 25.4 Å². The number of hydrogen-bond acceptors (Lipinski definition) is 8. The number of anilines is 2. The molecule has 3 aromatic heterocycles. The molecular weight excluding hydrogens is 538 g/mol. The normalized spacial score (nSPS) is 11.4. The summed E-state index contributed by atoms with van der Waals surface area (Å²) in [5, 5.41) is 6.99. The highest BCUT2D eigenvalue weighted by Gasteiger charge is 2.31. The molecule has 214 valence electrons. The molecule has 13 heteroatoms. The molecule has 0 fully saturated rings. The molecule has 11 nitrogen and oxygen atoms in total. The second-order valence-corrected chi connectivity index (χ2v) is 9.80. The van der Waals surface area contributed by atoms with Crippen LogP contribution in [-0.2, 0) is 16.0 Å². The Morgan fingerprint density at radius 2 is 1.85 bits per heavy atom. The molecule has 0 radical (unpaired) electrons. The van der Waals surface area contributed by atoms with Crippen LogP contribution in [0.15, 0.2) is 61.1 Å². The Morgan fingerprint density at radius 3 is 2.51 bits per heavy atom. The Kier molecular flexibility index (Phi) is 8.55. The van der Waals surface area contributed by atoms with Gasteiger partial charge in [0, 0.05) is 17.8 Å². The van der Waals surface area contributed by atoms with Crippen LogP contribution in [0.1, 0.15) is 60.7 Å². The van der Waals surface area contributed by atoms with Gasteiger partial charge < -0.3 is 14.4 Å². The zero-order valence-corrected chi connectivity index (χ0v) is 22.8. The van der Waals surface area contributed by atoms with Crippen molar-refractivity contribution in [2.45, 2.75) is 46.4 Å². The maximum absolute atomic E-state index is 13.8. The van der Waals surface area contributed by atoms with Crippen molar-refractivity contribution >= 4 is 40.4 Å². The molecule has 0 aliphatic carbocycles. The lowest BCUT2D eigenvalue weighted by Gasteiger charge is -2.23. The van der Waals surface area contributed by atoms with E-state index in [0.717, 1.165) is 16.5 Å². The lowest BCUT2D eigenvalue weighted by molar-refractivity contribution is 0.0357. The van der Waals surface area contributed by atoms with Gasteiger partial charge in [-0.3, -0.25) is 15.1 Å². The first-order chi connectivity index (χ1) is 19.5. The van der Waals surface area contributed by atoms with Crippen molar-refractivity contribution in [3.05, 3.63) is 77.9 Å². The van der Waals surface area contributed by atoms with E-state index in [2.05, 4.69) is 20.4 Å². The SMILES string of the molecule is CCOC(=O)c1c(N(Cc2ccc3ccc(NC(=O)OC(C)(C)C)nc3c2)C(=O)c2cccnc2)cnn1C(F)F. The van der Waals surface area contributed by atoms with Crippen LogP contribution in [0.5, 0.6) is 0 Å². The number of nitrogens with zero attached hydrogens (tertiary/aromatic N) is 5. The van der Waals surface area contributed by atoms with E-state index < -0.39 is 35.8 Å². The quantitative estimate of drug-likeness (QED) is 0.273. The van der Waals surface area contributed by atoms with Gasteiger partial charge in [0.25, 0.3) is 5.91 Å². The molecule has 2 amide bonds. The third-order valence-corrected chi connectivity index (χ3v) is 5.60. The largest absolute Gasteiger partial charge is 0.461 e. The molecule has 1 aromatic carbocycles. The van der Waals surface area contributed by atoms with Crippen LogP contribution in [0.4, 0.5) is 25.1 Å². The lowest BCUT2D eigenvalue weighted by Crippen LogP contribution is -2.32. The number of carbonyl (C=O) groups excluding carboxylic acids is 3. The molecule has 3 heterocycles. The van der Waals surface area contributed by atoms with Gasteiger partial charge in [-0.2, -0.15) is 18.6 Å². The number of hydrogen-bond donors (Lipinski definition) is 1. The number of rotatable bonds is 8. The van der Waals surface area contributed by atoms with Gasteiger partial charge in [0.05, 0.1) is 36.1 Å². The highest BCUT2D eigenvalue weighted by atomic mass is 19.3. The third-order valence-electron chi connectivity index (χ3n) is 5.60. The Hall–Kier alpha value is -4.94. The fourth-order valence-electron chi connectivity index (χ4n) is 3.93. The smallest absolute Gasteiger partial charge is 0.413 e. The van der Waals surface area contributed by atoms with Crippen molar-refractivity contribution in [3.8, 4) is 0 Å². The monoisotopic (exact) mass is 566 g/mol. The Balaban J connectivity index is 1.74. The maximum Gasteiger partial charge on any atom is 0.413 e. The highest BCUT2D eigenvalue weighted by Crippen LogP contribution is 2.29. The van der Waals surface area contributed by atoms with Crippen LogP contribution in [0.2, 0.25) is 0 Å². The summed E-state index contributed by atoms with van der Waals surface area (Å²) in [4.78, 5) is 48.2. The van der Waals surface area contributed by atoms with E-state index in [4.69, 9.17) is 9.47 Å². The standard InChI is InChI=1S/C28H28F2N6O5/c1-5-40-25(38)23-21(15-32-36(23)26(29)30)35(24(37)19-7-6-12-31-14-19)16-17-8-9-18-10-11-22(33-20(18)13-17)34-27(39)41-28(2,3)4/h6-15,26H,5,16H2,1-4H3,(H,33,34,39). The number of ether oxygens (including phenoxy) is 2. The summed E-state index contributed by atoms with van der Waals surface area (Å²) in [5.41, 5.74) is -0.225. The van der Waals surface area contributed by atoms with Gasteiger partial charge in [0.15, 0.2) is 5.69 Å². The molecule has 0 bridgehead atoms. The summed E-state index contributed by atoms with van der Waals surface area (Å²) in [6.45, 7) is 3.39. The molecule has 0 aliphatic rings. The number of carbonyl (C=O) groups is 3. The van der Waals surface area contributed by atoms with Crippen molar-refractivity contribution in [2.24, 2.45) is 0 Å². The fourth-order valence-corrected chi connectivity index (χ4v) is 3.93. The number of halogens is 2. The van der Waals surface area contributed by atoms with Crippen molar-refractivity contribution < 1.29 is 32.6 Å². The predicted octanol–water partition coefficient (Wildman–Crippen LogP) is 5.59. The zero-order chi connectivity index (χ0) is 29.7. The summed E-state index contributed by atoms with van der Waals surface area (Å²) in [5.74, 6) is -1.41. The molecule has 4 rings (SSSR count). The summed E-state index contributed by atoms with van der Waals surface area (Å²) in [6.07, 6.45) is 3.16. The van der Waals surface area contributed by atoms with Crippen LogP contribution in [0, 0.1) is 0 Å². The minimum Gasteiger partial charge on any atom is -0.461 e. The number of esters is 1. The van der Waals surface area contributed by atoms with Crippen LogP contribution in [-0.4, -0.2) is 49.9 Å². The third kappa shape index (κ3) is 6.99. The number of benzene rings is 1. The molecule has 4 aromatic rings. The summed E-state index contributed by atoms with van der Waals surface area (Å²) >= 11 is 0. The number of nitrogens with one attached hydrogen (secondary N) is 1. The van der Waals surface area contributed by atoms with Crippen molar-refractivity contribution in [3.63, 3.8) is 0 Å². The molecular formula is C28H28F2N6O5. The predicted molar refractivity (Wildman–Crippen MR) is 146 cm³/mol. The van der Waals surface area contributed by atoms with Crippen LogP contribution in [0.3, 0.4) is 0 Å². The molecule has 1 N–H and O–H groups in total. The van der Waals surface area contributed by atoms with E-state index in [9.17, 15) is 23.2 Å². The average molecular weight is 567 g/mol. The second-order valence-electron chi connectivity index (χ2n) is 9.80. The maximum atomic E-state index is 13.8. The molecule has 0 atom stereocenters. The minimum atomic E-state index is -3.15. The van der Waals surface area contributed by atoms with Gasteiger partial charge >= 0.3 is 18.6 Å². The highest BCUT2D eigenvalue weighted by molar-refractivity contribution is 6.09. The molecule has 0 unspecified atom stereocenters. The van der Waals surface area contributed by atoms with E-state index in [-0.39, 0.29) is 34.9 Å². The first-order valence-electron chi connectivity index (χ1n) is 12.6. The lowest BCUT2D eigenvalue weighted by atomic mass is 10.1. The number of amides is 2. The number of aromatic nitrogens is 4. The van der Waals surface area contributed by atoms with Crippen LogP contribution < -0.4 is 10.2 Å². The van der Waals surface area contributed by atoms with E-state index in [0.29, 0.717) is 11.1 Å². The van der Waals surface area contributed by atoms with Gasteiger partial charge in [-0.05, 0) is 63.6 Å². The summed E-state index contributed by atoms with van der Waals surface area (Å²) in [7, 11) is 0. The Bertz CT molecular complexity index is 1570. The van der Waals surface area contributed by atoms with Crippen molar-refractivity contribution in [2.75, 3.05) is 16.8 Å². The van der Waals surface area contributed by atoms with Crippen molar-refractivity contribution in [1.82, 2.24) is 19.7 Å². The van der Waals surface area contributed by atoms with Gasteiger partial charge in [-0.15, -0.1) is 0 Å². The van der Waals surface area contributed by atoms with E-state index in [1.54, 1.807) is 57.2 Å². The number of pyridine rings is 2. The Labute approximate surface area is 234 Å². The van der Waals surface area contributed by atoms with Gasteiger partial charge in [-0.1, -0.05) is 12.1 Å². The molecule has 0 spiro atoms. The number of alkyl halides is 2. The van der Waals surface area contributed by atoms with E-state index >= 15 is 0 Å². The Morgan fingerprint density at radius 1 is 1.10 bits per heavy atom. The molecule has 0 saturated carbocycles. The first kappa shape index (κ1) is 29.1. The topological polar surface area (TPSA) is 129 Å². The molecule has 0 aliphatic heterocycles. The minimum absolute atomic E-state index is 0.0702. The van der Waals surface area contributed by atoms with Crippen LogP contribution >= 0.6 is 0 Å². The molecule has 0 saturated heterocycles. The van der Waals surface area contributed by atoms with Crippen molar-refractivity contribution in [1.29, 1.82) is 0 Å².